The zero-order chi connectivity index (χ0) is 20.1. The number of likely N-dealkylation sites (tertiary alicyclic amines) is 1. The van der Waals surface area contributed by atoms with Crippen LogP contribution in [0.3, 0.4) is 0 Å². The van der Waals surface area contributed by atoms with Gasteiger partial charge in [-0.05, 0) is 50.8 Å². The summed E-state index contributed by atoms with van der Waals surface area (Å²) < 4.78 is 5.05. The standard InChI is InChI=1S/C20H26ClN3O3S/c1-3-27-20(26)23-10-7-15(8-11-23)18(25)24-9-4-12-28-19(24)22-16-6-5-14(2)17(21)13-16/h5-6,13,15H,3-4,7-12H2,1-2H3. The van der Waals surface area contributed by atoms with Crippen molar-refractivity contribution in [2.45, 2.75) is 33.1 Å². The number of carbonyl (C=O) groups excluding carboxylic acids is 2. The second kappa shape index (κ2) is 9.65. The molecule has 0 aliphatic carbocycles. The number of hydrogen-bond acceptors (Lipinski definition) is 5. The number of ether oxygens (including phenoxy) is 1. The van der Waals surface area contributed by atoms with E-state index >= 15 is 0 Å². The van der Waals surface area contributed by atoms with Crippen LogP contribution in [0.15, 0.2) is 23.2 Å². The van der Waals surface area contributed by atoms with Gasteiger partial charge >= 0.3 is 6.09 Å². The largest absolute Gasteiger partial charge is 0.450 e. The Morgan fingerprint density at radius 1 is 1.29 bits per heavy atom. The first-order chi connectivity index (χ1) is 13.5. The molecule has 0 spiro atoms. The van der Waals surface area contributed by atoms with E-state index in [9.17, 15) is 9.59 Å². The van der Waals surface area contributed by atoms with Crippen molar-refractivity contribution >= 4 is 46.2 Å². The van der Waals surface area contributed by atoms with Gasteiger partial charge in [0, 0.05) is 36.3 Å². The van der Waals surface area contributed by atoms with Crippen LogP contribution < -0.4 is 0 Å². The molecule has 1 aromatic rings. The topological polar surface area (TPSA) is 62.2 Å². The van der Waals surface area contributed by atoms with Crippen LogP contribution in [0.4, 0.5) is 10.5 Å². The lowest BCUT2D eigenvalue weighted by atomic mass is 9.95. The van der Waals surface area contributed by atoms with Crippen LogP contribution in [0.2, 0.25) is 5.02 Å². The summed E-state index contributed by atoms with van der Waals surface area (Å²) >= 11 is 7.82. The van der Waals surface area contributed by atoms with Crippen molar-refractivity contribution in [3.05, 3.63) is 28.8 Å². The Labute approximate surface area is 175 Å². The summed E-state index contributed by atoms with van der Waals surface area (Å²) in [4.78, 5) is 33.2. The Morgan fingerprint density at radius 2 is 2.04 bits per heavy atom. The van der Waals surface area contributed by atoms with Gasteiger partial charge in [0.2, 0.25) is 5.91 Å². The normalized spacial score (nSPS) is 19.8. The monoisotopic (exact) mass is 423 g/mol. The molecule has 1 aromatic carbocycles. The van der Waals surface area contributed by atoms with Crippen molar-refractivity contribution in [3.63, 3.8) is 0 Å². The van der Waals surface area contributed by atoms with E-state index in [0.29, 0.717) is 44.1 Å². The minimum absolute atomic E-state index is 0.0869. The first-order valence-corrected chi connectivity index (χ1v) is 11.1. The highest BCUT2D eigenvalue weighted by atomic mass is 35.5. The number of halogens is 1. The van der Waals surface area contributed by atoms with E-state index in [1.165, 1.54) is 0 Å². The predicted molar refractivity (Wildman–Crippen MR) is 113 cm³/mol. The van der Waals surface area contributed by atoms with E-state index in [1.807, 2.05) is 30.0 Å². The van der Waals surface area contributed by atoms with E-state index in [0.717, 1.165) is 28.6 Å². The molecule has 0 bridgehead atoms. The molecule has 2 heterocycles. The zero-order valence-corrected chi connectivity index (χ0v) is 17.9. The molecule has 6 nitrogen and oxygen atoms in total. The van der Waals surface area contributed by atoms with Crippen LogP contribution in [-0.2, 0) is 9.53 Å². The maximum Gasteiger partial charge on any atom is 0.409 e. The predicted octanol–water partition coefficient (Wildman–Crippen LogP) is 4.47. The van der Waals surface area contributed by atoms with Gasteiger partial charge in [-0.15, -0.1) is 0 Å². The lowest BCUT2D eigenvalue weighted by molar-refractivity contribution is -0.132. The van der Waals surface area contributed by atoms with Crippen molar-refractivity contribution in [1.82, 2.24) is 9.80 Å². The number of hydrogen-bond donors (Lipinski definition) is 0. The number of amides is 2. The minimum Gasteiger partial charge on any atom is -0.450 e. The molecule has 0 saturated carbocycles. The van der Waals surface area contributed by atoms with E-state index < -0.39 is 0 Å². The number of rotatable bonds is 3. The molecule has 152 valence electrons. The molecule has 2 fully saturated rings. The van der Waals surface area contributed by atoms with Gasteiger partial charge in [-0.2, -0.15) is 0 Å². The number of amidine groups is 1. The van der Waals surface area contributed by atoms with E-state index in [2.05, 4.69) is 0 Å². The molecule has 0 unspecified atom stereocenters. The molecule has 0 N–H and O–H groups in total. The molecule has 2 amide bonds. The van der Waals surface area contributed by atoms with Crippen LogP contribution in [0.5, 0.6) is 0 Å². The summed E-state index contributed by atoms with van der Waals surface area (Å²) in [5, 5.41) is 1.41. The number of thioether (sulfide) groups is 1. The molecule has 8 heteroatoms. The SMILES string of the molecule is CCOC(=O)N1CCC(C(=O)N2CCCSC2=Nc2ccc(C)c(Cl)c2)CC1. The fraction of sp³-hybridized carbons (Fsp3) is 0.550. The van der Waals surface area contributed by atoms with Crippen LogP contribution >= 0.6 is 23.4 Å². The number of benzene rings is 1. The summed E-state index contributed by atoms with van der Waals surface area (Å²) in [5.74, 6) is 0.965. The molecular formula is C20H26ClN3O3S. The molecule has 0 aromatic heterocycles. The van der Waals surface area contributed by atoms with Crippen LogP contribution in [0.1, 0.15) is 31.7 Å². The van der Waals surface area contributed by atoms with E-state index in [4.69, 9.17) is 21.3 Å². The second-order valence-corrected chi connectivity index (χ2v) is 8.45. The maximum atomic E-state index is 13.1. The van der Waals surface area contributed by atoms with Crippen LogP contribution in [-0.4, -0.2) is 59.0 Å². The summed E-state index contributed by atoms with van der Waals surface area (Å²) in [7, 11) is 0. The first-order valence-electron chi connectivity index (χ1n) is 9.70. The molecule has 2 saturated heterocycles. The average molecular weight is 424 g/mol. The lowest BCUT2D eigenvalue weighted by Crippen LogP contribution is -2.47. The second-order valence-electron chi connectivity index (χ2n) is 6.98. The van der Waals surface area contributed by atoms with Gasteiger partial charge in [0.15, 0.2) is 5.17 Å². The fourth-order valence-corrected chi connectivity index (χ4v) is 4.50. The Morgan fingerprint density at radius 3 is 2.71 bits per heavy atom. The van der Waals surface area contributed by atoms with E-state index in [-0.39, 0.29) is 17.9 Å². The summed E-state index contributed by atoms with van der Waals surface area (Å²) in [6, 6.07) is 5.69. The summed E-state index contributed by atoms with van der Waals surface area (Å²) in [6.45, 7) is 5.90. The van der Waals surface area contributed by atoms with E-state index in [1.54, 1.807) is 23.6 Å². The highest BCUT2D eigenvalue weighted by Gasteiger charge is 2.33. The number of nitrogens with zero attached hydrogens (tertiary/aromatic N) is 3. The minimum atomic E-state index is -0.291. The van der Waals surface area contributed by atoms with Crippen molar-refractivity contribution in [2.75, 3.05) is 32.0 Å². The molecule has 2 aliphatic heterocycles. The number of carbonyl (C=O) groups is 2. The Balaban J connectivity index is 1.68. The smallest absolute Gasteiger partial charge is 0.409 e. The van der Waals surface area contributed by atoms with Crippen molar-refractivity contribution < 1.29 is 14.3 Å². The quantitative estimate of drug-likeness (QED) is 0.719. The van der Waals surface area contributed by atoms with Gasteiger partial charge in [-0.3, -0.25) is 9.69 Å². The Hall–Kier alpha value is -1.73. The number of aliphatic imine (C=N–C) groups is 1. The third kappa shape index (κ3) is 5.00. The zero-order valence-electron chi connectivity index (χ0n) is 16.3. The highest BCUT2D eigenvalue weighted by molar-refractivity contribution is 8.13. The third-order valence-corrected chi connectivity index (χ3v) is 6.47. The molecule has 0 atom stereocenters. The highest BCUT2D eigenvalue weighted by Crippen LogP contribution is 2.29. The van der Waals surface area contributed by atoms with Gasteiger partial charge in [0.1, 0.15) is 0 Å². The van der Waals surface area contributed by atoms with Gasteiger partial charge in [-0.1, -0.05) is 29.4 Å². The molecule has 3 rings (SSSR count). The third-order valence-electron chi connectivity index (χ3n) is 5.00. The summed E-state index contributed by atoms with van der Waals surface area (Å²) in [5.41, 5.74) is 1.76. The molecule has 2 aliphatic rings. The molecule has 0 radical (unpaired) electrons. The average Bonchev–Trinajstić information content (AvgIpc) is 2.71. The van der Waals surface area contributed by atoms with Gasteiger partial charge in [0.05, 0.1) is 12.3 Å². The van der Waals surface area contributed by atoms with Crippen molar-refractivity contribution in [1.29, 1.82) is 0 Å². The summed E-state index contributed by atoms with van der Waals surface area (Å²) in [6.07, 6.45) is 1.97. The van der Waals surface area contributed by atoms with Crippen LogP contribution in [0, 0.1) is 12.8 Å². The lowest BCUT2D eigenvalue weighted by Gasteiger charge is -2.35. The Bertz CT molecular complexity index is 763. The van der Waals surface area contributed by atoms with Crippen molar-refractivity contribution in [2.24, 2.45) is 10.9 Å². The number of piperidine rings is 1. The van der Waals surface area contributed by atoms with Gasteiger partial charge in [-0.25, -0.2) is 9.79 Å². The van der Waals surface area contributed by atoms with Crippen molar-refractivity contribution in [3.8, 4) is 0 Å². The Kier molecular flexibility index (Phi) is 7.24. The molecular weight excluding hydrogens is 398 g/mol. The van der Waals surface area contributed by atoms with Crippen LogP contribution in [0.25, 0.3) is 0 Å². The molecule has 28 heavy (non-hydrogen) atoms. The first kappa shape index (κ1) is 21.0. The number of aryl methyl sites for hydroxylation is 1. The van der Waals surface area contributed by atoms with Gasteiger partial charge in [0.25, 0.3) is 0 Å². The maximum absolute atomic E-state index is 13.1. The van der Waals surface area contributed by atoms with Gasteiger partial charge < -0.3 is 9.64 Å². The fourth-order valence-electron chi connectivity index (χ4n) is 3.36.